The minimum atomic E-state index is -1.16. The number of likely N-dealkylation sites (tertiary alicyclic amines) is 1. The van der Waals surface area contributed by atoms with Crippen LogP contribution in [0.1, 0.15) is 47.0 Å². The Kier molecular flexibility index (Phi) is 5.20. The molecule has 0 aromatic rings. The zero-order valence-corrected chi connectivity index (χ0v) is 12.5. The van der Waals surface area contributed by atoms with Crippen molar-refractivity contribution in [2.75, 3.05) is 19.6 Å². The molecule has 5 heteroatoms. The zero-order chi connectivity index (χ0) is 14.6. The van der Waals surface area contributed by atoms with Crippen LogP contribution in [0.3, 0.4) is 0 Å². The topological polar surface area (TPSA) is 60.9 Å². The predicted octanol–water partition coefficient (Wildman–Crippen LogP) is 2.41. The van der Waals surface area contributed by atoms with Crippen molar-refractivity contribution in [2.24, 2.45) is 5.92 Å². The maximum Gasteiger partial charge on any atom is 0.329 e. The number of likely N-dealkylation sites (N-methyl/N-ethyl adjacent to an activating group) is 1. The fraction of sp³-hybridized carbons (Fsp3) is 0.857. The molecule has 1 aliphatic rings. The summed E-state index contributed by atoms with van der Waals surface area (Å²) >= 11 is 0. The fourth-order valence-electron chi connectivity index (χ4n) is 2.59. The van der Waals surface area contributed by atoms with Gasteiger partial charge in [0.05, 0.1) is 0 Å². The van der Waals surface area contributed by atoms with Gasteiger partial charge >= 0.3 is 12.0 Å². The molecule has 0 spiro atoms. The Morgan fingerprint density at radius 1 is 1.26 bits per heavy atom. The lowest BCUT2D eigenvalue weighted by Crippen LogP contribution is -2.57. The number of carbonyl (C=O) groups is 2. The van der Waals surface area contributed by atoms with Crippen molar-refractivity contribution >= 4 is 12.0 Å². The SMILES string of the molecule is CCC1CCN(C(=O)N(CC)C(C)(C)C(=O)O)CC1. The second-order valence-corrected chi connectivity index (χ2v) is 5.73. The Bertz CT molecular complexity index is 334. The zero-order valence-electron chi connectivity index (χ0n) is 12.5. The molecule has 0 atom stereocenters. The first-order valence-corrected chi connectivity index (χ1v) is 7.14. The first kappa shape index (κ1) is 15.8. The van der Waals surface area contributed by atoms with E-state index in [0.29, 0.717) is 12.5 Å². The Hall–Kier alpha value is -1.26. The average Bonchev–Trinajstić information content (AvgIpc) is 2.39. The molecule has 0 saturated carbocycles. The van der Waals surface area contributed by atoms with Crippen LogP contribution in [0.4, 0.5) is 4.79 Å². The van der Waals surface area contributed by atoms with Crippen molar-refractivity contribution in [3.05, 3.63) is 0 Å². The highest BCUT2D eigenvalue weighted by Gasteiger charge is 2.39. The van der Waals surface area contributed by atoms with Gasteiger partial charge in [-0.15, -0.1) is 0 Å². The van der Waals surface area contributed by atoms with Crippen LogP contribution in [0.15, 0.2) is 0 Å². The molecule has 1 fully saturated rings. The molecule has 0 bridgehead atoms. The largest absolute Gasteiger partial charge is 0.480 e. The van der Waals surface area contributed by atoms with E-state index in [1.54, 1.807) is 18.7 Å². The summed E-state index contributed by atoms with van der Waals surface area (Å²) in [5, 5.41) is 9.26. The summed E-state index contributed by atoms with van der Waals surface area (Å²) in [6.07, 6.45) is 3.20. The summed E-state index contributed by atoms with van der Waals surface area (Å²) in [5.41, 5.74) is -1.16. The van der Waals surface area contributed by atoms with Crippen molar-refractivity contribution in [3.8, 4) is 0 Å². The van der Waals surface area contributed by atoms with Crippen molar-refractivity contribution in [3.63, 3.8) is 0 Å². The Labute approximate surface area is 115 Å². The number of aliphatic carboxylic acids is 1. The number of amides is 2. The second-order valence-electron chi connectivity index (χ2n) is 5.73. The van der Waals surface area contributed by atoms with Crippen molar-refractivity contribution in [1.29, 1.82) is 0 Å². The van der Waals surface area contributed by atoms with Crippen LogP contribution in [0.5, 0.6) is 0 Å². The third-order valence-electron chi connectivity index (χ3n) is 4.21. The highest BCUT2D eigenvalue weighted by molar-refractivity contribution is 5.85. The fourth-order valence-corrected chi connectivity index (χ4v) is 2.59. The first-order chi connectivity index (χ1) is 8.84. The highest BCUT2D eigenvalue weighted by Crippen LogP contribution is 2.23. The average molecular weight is 270 g/mol. The van der Waals surface area contributed by atoms with E-state index in [1.807, 2.05) is 6.92 Å². The number of carboxylic acid groups (broad SMARTS) is 1. The molecule has 0 aromatic heterocycles. The van der Waals surface area contributed by atoms with Gasteiger partial charge in [0.1, 0.15) is 5.54 Å². The van der Waals surface area contributed by atoms with Gasteiger partial charge in [-0.3, -0.25) is 0 Å². The van der Waals surface area contributed by atoms with Crippen molar-refractivity contribution in [1.82, 2.24) is 9.80 Å². The van der Waals surface area contributed by atoms with Crippen molar-refractivity contribution < 1.29 is 14.7 Å². The third-order valence-corrected chi connectivity index (χ3v) is 4.21. The molecule has 5 nitrogen and oxygen atoms in total. The molecular weight excluding hydrogens is 244 g/mol. The smallest absolute Gasteiger partial charge is 0.329 e. The van der Waals surface area contributed by atoms with E-state index in [1.165, 1.54) is 4.90 Å². The minimum absolute atomic E-state index is 0.149. The van der Waals surface area contributed by atoms with Crippen LogP contribution in [0.2, 0.25) is 0 Å². The molecular formula is C14H26N2O3. The number of nitrogens with zero attached hydrogens (tertiary/aromatic N) is 2. The molecule has 2 amide bonds. The molecule has 1 heterocycles. The number of hydrogen-bond acceptors (Lipinski definition) is 2. The van der Waals surface area contributed by atoms with Crippen molar-refractivity contribution in [2.45, 2.75) is 52.5 Å². The number of urea groups is 1. The molecule has 110 valence electrons. The van der Waals surface area contributed by atoms with E-state index in [2.05, 4.69) is 6.92 Å². The number of carbonyl (C=O) groups excluding carboxylic acids is 1. The normalized spacial score (nSPS) is 17.4. The molecule has 0 aromatic carbocycles. The number of piperidine rings is 1. The monoisotopic (exact) mass is 270 g/mol. The molecule has 0 radical (unpaired) electrons. The molecule has 19 heavy (non-hydrogen) atoms. The minimum Gasteiger partial charge on any atom is -0.480 e. The van der Waals surface area contributed by atoms with Gasteiger partial charge in [0.25, 0.3) is 0 Å². The quantitative estimate of drug-likeness (QED) is 0.853. The lowest BCUT2D eigenvalue weighted by atomic mass is 9.94. The van der Waals surface area contributed by atoms with Crippen LogP contribution in [0.25, 0.3) is 0 Å². The van der Waals surface area contributed by atoms with Crippen LogP contribution >= 0.6 is 0 Å². The van der Waals surface area contributed by atoms with E-state index in [4.69, 9.17) is 0 Å². The van der Waals surface area contributed by atoms with E-state index in [0.717, 1.165) is 32.4 Å². The first-order valence-electron chi connectivity index (χ1n) is 7.14. The van der Waals surface area contributed by atoms with Gasteiger partial charge in [-0.25, -0.2) is 9.59 Å². The molecule has 1 rings (SSSR count). The Morgan fingerprint density at radius 2 is 1.79 bits per heavy atom. The van der Waals surface area contributed by atoms with E-state index in [9.17, 15) is 14.7 Å². The highest BCUT2D eigenvalue weighted by atomic mass is 16.4. The van der Waals surface area contributed by atoms with Gasteiger partial charge in [0.2, 0.25) is 0 Å². The van der Waals surface area contributed by atoms with Crippen LogP contribution in [0, 0.1) is 5.92 Å². The lowest BCUT2D eigenvalue weighted by Gasteiger charge is -2.40. The van der Waals surface area contributed by atoms with E-state index in [-0.39, 0.29) is 6.03 Å². The molecule has 1 saturated heterocycles. The summed E-state index contributed by atoms with van der Waals surface area (Å²) in [4.78, 5) is 27.0. The summed E-state index contributed by atoms with van der Waals surface area (Å²) in [7, 11) is 0. The standard InChI is InChI=1S/C14H26N2O3/c1-5-11-7-9-15(10-8-11)13(19)16(6-2)14(3,4)12(17)18/h11H,5-10H2,1-4H3,(H,17,18). The van der Waals surface area contributed by atoms with Gasteiger partial charge in [-0.2, -0.15) is 0 Å². The van der Waals surface area contributed by atoms with Gasteiger partial charge < -0.3 is 14.9 Å². The summed E-state index contributed by atoms with van der Waals surface area (Å²) in [6, 6.07) is -0.149. The molecule has 0 unspecified atom stereocenters. The van der Waals surface area contributed by atoms with E-state index < -0.39 is 11.5 Å². The van der Waals surface area contributed by atoms with Gasteiger partial charge in [-0.1, -0.05) is 13.3 Å². The summed E-state index contributed by atoms with van der Waals surface area (Å²) in [5.74, 6) is -0.266. The number of carboxylic acids is 1. The number of rotatable bonds is 4. The lowest BCUT2D eigenvalue weighted by molar-refractivity contribution is -0.147. The summed E-state index contributed by atoms with van der Waals surface area (Å²) < 4.78 is 0. The molecule has 0 aliphatic carbocycles. The Morgan fingerprint density at radius 3 is 2.16 bits per heavy atom. The van der Waals surface area contributed by atoms with Gasteiger partial charge in [0, 0.05) is 19.6 Å². The predicted molar refractivity (Wildman–Crippen MR) is 74.1 cm³/mol. The summed E-state index contributed by atoms with van der Waals surface area (Å²) in [6.45, 7) is 9.04. The van der Waals surface area contributed by atoms with E-state index >= 15 is 0 Å². The maximum absolute atomic E-state index is 12.5. The third kappa shape index (κ3) is 3.39. The molecule has 1 N–H and O–H groups in total. The van der Waals surface area contributed by atoms with Crippen LogP contribution < -0.4 is 0 Å². The van der Waals surface area contributed by atoms with Crippen LogP contribution in [-0.4, -0.2) is 52.1 Å². The second kappa shape index (κ2) is 6.26. The number of hydrogen-bond donors (Lipinski definition) is 1. The Balaban J connectivity index is 2.73. The van der Waals surface area contributed by atoms with Gasteiger partial charge in [-0.05, 0) is 39.5 Å². The van der Waals surface area contributed by atoms with Gasteiger partial charge in [0.15, 0.2) is 0 Å². The molecule has 1 aliphatic heterocycles. The maximum atomic E-state index is 12.5. The van der Waals surface area contributed by atoms with Crippen LogP contribution in [-0.2, 0) is 4.79 Å².